The molecule has 1 aliphatic rings. The number of nitrogens with two attached hydrogens (primary N) is 1. The highest BCUT2D eigenvalue weighted by atomic mass is 32.1. The lowest BCUT2D eigenvalue weighted by Gasteiger charge is -2.25. The standard InChI is InChI=1S/C20H33NO2S/c1-2-20(21,15-22)14-13-17-11-12-19(24-17)18(23)10-6-9-16-7-4-3-5-8-16/h11-12,16,22H,2-10,13-15,21H2,1H3. The number of aryl methyl sites for hydroxylation is 1. The molecule has 0 aromatic carbocycles. The Balaban J connectivity index is 1.74. The summed E-state index contributed by atoms with van der Waals surface area (Å²) in [5.74, 6) is 1.15. The number of carbonyl (C=O) groups is 1. The second kappa shape index (κ2) is 9.69. The number of Topliss-reactive ketones (excluding diaryl/α,β-unsaturated/α-hetero) is 1. The molecule has 1 atom stereocenters. The fourth-order valence-corrected chi connectivity index (χ4v) is 4.53. The van der Waals surface area contributed by atoms with Crippen LogP contribution in [0.1, 0.15) is 85.7 Å². The number of thiophene rings is 1. The minimum Gasteiger partial charge on any atom is -0.394 e. The Hall–Kier alpha value is -0.710. The molecule has 0 amide bonds. The van der Waals surface area contributed by atoms with Gasteiger partial charge in [0.05, 0.1) is 11.5 Å². The molecular formula is C20H33NO2S. The van der Waals surface area contributed by atoms with Crippen molar-refractivity contribution >= 4 is 17.1 Å². The fraction of sp³-hybridized carbons (Fsp3) is 0.750. The van der Waals surface area contributed by atoms with Gasteiger partial charge in [0.25, 0.3) is 0 Å². The molecule has 0 bridgehead atoms. The van der Waals surface area contributed by atoms with Crippen LogP contribution in [0.4, 0.5) is 0 Å². The van der Waals surface area contributed by atoms with Crippen molar-refractivity contribution < 1.29 is 9.90 Å². The Morgan fingerprint density at radius 3 is 2.75 bits per heavy atom. The molecule has 0 spiro atoms. The largest absolute Gasteiger partial charge is 0.394 e. The zero-order chi connectivity index (χ0) is 17.4. The average Bonchev–Trinajstić information content (AvgIpc) is 3.10. The van der Waals surface area contributed by atoms with Gasteiger partial charge in [0, 0.05) is 16.8 Å². The zero-order valence-corrected chi connectivity index (χ0v) is 15.9. The highest BCUT2D eigenvalue weighted by molar-refractivity contribution is 7.14. The third-order valence-electron chi connectivity index (χ3n) is 5.57. The van der Waals surface area contributed by atoms with E-state index >= 15 is 0 Å². The molecule has 1 saturated carbocycles. The lowest BCUT2D eigenvalue weighted by molar-refractivity contribution is 0.0980. The van der Waals surface area contributed by atoms with Gasteiger partial charge in [-0.2, -0.15) is 0 Å². The van der Waals surface area contributed by atoms with Gasteiger partial charge in [0.1, 0.15) is 0 Å². The van der Waals surface area contributed by atoms with Crippen LogP contribution in [0.15, 0.2) is 12.1 Å². The molecule has 1 aliphatic carbocycles. The fourth-order valence-electron chi connectivity index (χ4n) is 3.55. The van der Waals surface area contributed by atoms with Crippen molar-refractivity contribution in [3.63, 3.8) is 0 Å². The Morgan fingerprint density at radius 2 is 2.08 bits per heavy atom. The first-order valence-electron chi connectivity index (χ1n) is 9.58. The van der Waals surface area contributed by atoms with E-state index in [9.17, 15) is 9.90 Å². The van der Waals surface area contributed by atoms with Gasteiger partial charge in [-0.25, -0.2) is 0 Å². The molecule has 136 valence electrons. The molecule has 0 saturated heterocycles. The van der Waals surface area contributed by atoms with Gasteiger partial charge in [-0.05, 0) is 43.7 Å². The molecule has 24 heavy (non-hydrogen) atoms. The highest BCUT2D eigenvalue weighted by Crippen LogP contribution is 2.28. The number of ketones is 1. The van der Waals surface area contributed by atoms with Gasteiger partial charge in [-0.3, -0.25) is 4.79 Å². The van der Waals surface area contributed by atoms with Crippen LogP contribution in [0.3, 0.4) is 0 Å². The van der Waals surface area contributed by atoms with Gasteiger partial charge in [-0.1, -0.05) is 45.4 Å². The molecule has 3 nitrogen and oxygen atoms in total. The Kier molecular flexibility index (Phi) is 7.92. The molecule has 0 aliphatic heterocycles. The van der Waals surface area contributed by atoms with Crippen molar-refractivity contribution in [1.82, 2.24) is 0 Å². The molecule has 3 N–H and O–H groups in total. The first-order chi connectivity index (χ1) is 11.6. The Bertz CT molecular complexity index is 501. The molecule has 2 rings (SSSR count). The van der Waals surface area contributed by atoms with Crippen LogP contribution in [0.5, 0.6) is 0 Å². The topological polar surface area (TPSA) is 63.3 Å². The minimum absolute atomic E-state index is 0.0157. The Labute approximate surface area is 150 Å². The number of hydrogen-bond donors (Lipinski definition) is 2. The predicted octanol–water partition coefficient (Wildman–Crippen LogP) is 4.71. The van der Waals surface area contributed by atoms with Crippen molar-refractivity contribution in [2.24, 2.45) is 11.7 Å². The SMILES string of the molecule is CCC(N)(CO)CCc1ccc(C(=O)CCCC2CCCCC2)s1. The molecule has 1 aromatic rings. The minimum atomic E-state index is -0.492. The van der Waals surface area contributed by atoms with Crippen molar-refractivity contribution in [3.8, 4) is 0 Å². The summed E-state index contributed by atoms with van der Waals surface area (Å²) in [7, 11) is 0. The lowest BCUT2D eigenvalue weighted by atomic mass is 9.85. The maximum atomic E-state index is 12.4. The summed E-state index contributed by atoms with van der Waals surface area (Å²) in [6, 6.07) is 4.01. The third kappa shape index (κ3) is 5.98. The maximum Gasteiger partial charge on any atom is 0.172 e. The van der Waals surface area contributed by atoms with Gasteiger partial charge in [-0.15, -0.1) is 11.3 Å². The molecule has 4 heteroatoms. The first-order valence-corrected chi connectivity index (χ1v) is 10.4. The van der Waals surface area contributed by atoms with Crippen LogP contribution >= 0.6 is 11.3 Å². The average molecular weight is 352 g/mol. The number of aliphatic hydroxyl groups excluding tert-OH is 1. The van der Waals surface area contributed by atoms with E-state index in [0.717, 1.165) is 36.5 Å². The summed E-state index contributed by atoms with van der Waals surface area (Å²) < 4.78 is 0. The second-order valence-corrected chi connectivity index (χ2v) is 8.63. The summed E-state index contributed by atoms with van der Waals surface area (Å²) >= 11 is 1.60. The van der Waals surface area contributed by atoms with Crippen LogP contribution in [-0.4, -0.2) is 23.0 Å². The molecular weight excluding hydrogens is 318 g/mol. The molecule has 1 heterocycles. The molecule has 1 fully saturated rings. The number of rotatable bonds is 10. The van der Waals surface area contributed by atoms with Crippen LogP contribution in [0, 0.1) is 5.92 Å². The quantitative estimate of drug-likeness (QED) is 0.600. The van der Waals surface area contributed by atoms with E-state index in [1.807, 2.05) is 19.1 Å². The van der Waals surface area contributed by atoms with Crippen LogP contribution < -0.4 is 5.73 Å². The second-order valence-electron chi connectivity index (χ2n) is 7.46. The maximum absolute atomic E-state index is 12.4. The zero-order valence-electron chi connectivity index (χ0n) is 15.1. The van der Waals surface area contributed by atoms with Gasteiger partial charge < -0.3 is 10.8 Å². The van der Waals surface area contributed by atoms with Gasteiger partial charge in [0.15, 0.2) is 5.78 Å². The monoisotopic (exact) mass is 351 g/mol. The van der Waals surface area contributed by atoms with Crippen LogP contribution in [-0.2, 0) is 6.42 Å². The van der Waals surface area contributed by atoms with Gasteiger partial charge in [0.2, 0.25) is 0 Å². The van der Waals surface area contributed by atoms with E-state index in [1.165, 1.54) is 43.4 Å². The summed E-state index contributed by atoms with van der Waals surface area (Å²) in [4.78, 5) is 14.4. The summed E-state index contributed by atoms with van der Waals surface area (Å²) in [6.07, 6.45) is 12.2. The molecule has 1 unspecified atom stereocenters. The molecule has 1 aromatic heterocycles. The van der Waals surface area contributed by atoms with Crippen molar-refractivity contribution in [2.75, 3.05) is 6.61 Å². The number of aliphatic hydroxyl groups is 1. The normalized spacial score (nSPS) is 18.5. The van der Waals surface area contributed by atoms with Crippen LogP contribution in [0.2, 0.25) is 0 Å². The van der Waals surface area contributed by atoms with Crippen LogP contribution in [0.25, 0.3) is 0 Å². The van der Waals surface area contributed by atoms with E-state index in [1.54, 1.807) is 11.3 Å². The Morgan fingerprint density at radius 1 is 1.33 bits per heavy atom. The first kappa shape index (κ1) is 19.6. The lowest BCUT2D eigenvalue weighted by Crippen LogP contribution is -2.43. The van der Waals surface area contributed by atoms with E-state index < -0.39 is 5.54 Å². The van der Waals surface area contributed by atoms with E-state index in [4.69, 9.17) is 5.73 Å². The third-order valence-corrected chi connectivity index (χ3v) is 6.75. The van der Waals surface area contributed by atoms with E-state index in [0.29, 0.717) is 12.2 Å². The predicted molar refractivity (Wildman–Crippen MR) is 102 cm³/mol. The molecule has 0 radical (unpaired) electrons. The summed E-state index contributed by atoms with van der Waals surface area (Å²) in [5, 5.41) is 9.39. The number of hydrogen-bond acceptors (Lipinski definition) is 4. The van der Waals surface area contributed by atoms with Crippen molar-refractivity contribution in [1.29, 1.82) is 0 Å². The summed E-state index contributed by atoms with van der Waals surface area (Å²) in [5.41, 5.74) is 5.64. The van der Waals surface area contributed by atoms with E-state index in [-0.39, 0.29) is 6.61 Å². The highest BCUT2D eigenvalue weighted by Gasteiger charge is 2.22. The number of carbonyl (C=O) groups excluding carboxylic acids is 1. The van der Waals surface area contributed by atoms with E-state index in [2.05, 4.69) is 0 Å². The van der Waals surface area contributed by atoms with Crippen molar-refractivity contribution in [3.05, 3.63) is 21.9 Å². The van der Waals surface area contributed by atoms with Gasteiger partial charge >= 0.3 is 0 Å². The van der Waals surface area contributed by atoms with Crippen molar-refractivity contribution in [2.45, 2.75) is 83.1 Å². The summed E-state index contributed by atoms with van der Waals surface area (Å²) in [6.45, 7) is 2.02. The smallest absolute Gasteiger partial charge is 0.172 e.